The van der Waals surface area contributed by atoms with Gasteiger partial charge >= 0.3 is 11.8 Å². The maximum Gasteiger partial charge on any atom is 0.329 e. The van der Waals surface area contributed by atoms with E-state index in [4.69, 9.17) is 25.8 Å². The number of carbonyl (C=O) groups excluding carboxylic acids is 3. The smallest absolute Gasteiger partial charge is 0.329 e. The molecule has 2 aromatic rings. The minimum absolute atomic E-state index is 0.112. The fourth-order valence-corrected chi connectivity index (χ4v) is 2.98. The number of rotatable bonds is 13. The number of ether oxygens (including phenoxy) is 3. The van der Waals surface area contributed by atoms with Gasteiger partial charge < -0.3 is 24.8 Å². The van der Waals surface area contributed by atoms with Crippen molar-refractivity contribution in [1.29, 1.82) is 0 Å². The minimum Gasteiger partial charge on any atom is -0.490 e. The zero-order valence-corrected chi connectivity index (χ0v) is 21.3. The Morgan fingerprint density at radius 3 is 2.58 bits per heavy atom. The summed E-state index contributed by atoms with van der Waals surface area (Å²) < 4.78 is 16.6. The zero-order valence-electron chi connectivity index (χ0n) is 20.5. The van der Waals surface area contributed by atoms with Crippen molar-refractivity contribution in [3.63, 3.8) is 0 Å². The third kappa shape index (κ3) is 10.7. The Hall–Kier alpha value is -3.63. The molecule has 0 aliphatic rings. The molecule has 2 rings (SSSR count). The number of amides is 3. The second kappa shape index (κ2) is 15.4. The molecule has 0 fully saturated rings. The molecule has 10 nitrogen and oxygen atoms in total. The Bertz CT molecular complexity index is 1060. The summed E-state index contributed by atoms with van der Waals surface area (Å²) in [7, 11) is 0. The van der Waals surface area contributed by atoms with Gasteiger partial charge in [0.25, 0.3) is 5.91 Å². The summed E-state index contributed by atoms with van der Waals surface area (Å²) in [6, 6.07) is 11.7. The van der Waals surface area contributed by atoms with Crippen molar-refractivity contribution in [2.24, 2.45) is 5.10 Å². The van der Waals surface area contributed by atoms with Crippen molar-refractivity contribution < 1.29 is 28.6 Å². The van der Waals surface area contributed by atoms with Crippen LogP contribution in [0.1, 0.15) is 32.8 Å². The van der Waals surface area contributed by atoms with Crippen LogP contribution in [0.2, 0.25) is 5.02 Å². The third-order valence-electron chi connectivity index (χ3n) is 4.38. The van der Waals surface area contributed by atoms with E-state index in [9.17, 15) is 14.4 Å². The molecule has 194 valence electrons. The van der Waals surface area contributed by atoms with Crippen molar-refractivity contribution in [3.8, 4) is 11.5 Å². The molecule has 0 saturated heterocycles. The van der Waals surface area contributed by atoms with Crippen molar-refractivity contribution >= 4 is 41.2 Å². The molecule has 0 heterocycles. The summed E-state index contributed by atoms with van der Waals surface area (Å²) in [5.74, 6) is -1.28. The van der Waals surface area contributed by atoms with Crippen molar-refractivity contribution in [2.75, 3.05) is 31.7 Å². The lowest BCUT2D eigenvalue weighted by Crippen LogP contribution is -2.38. The quantitative estimate of drug-likeness (QED) is 0.162. The number of hydrogen-bond acceptors (Lipinski definition) is 7. The largest absolute Gasteiger partial charge is 0.490 e. The number of nitrogens with zero attached hydrogens (tertiary/aromatic N) is 1. The first kappa shape index (κ1) is 28.6. The molecule has 0 saturated carbocycles. The average Bonchev–Trinajstić information content (AvgIpc) is 2.83. The van der Waals surface area contributed by atoms with Crippen molar-refractivity contribution in [3.05, 3.63) is 53.1 Å². The molecule has 0 aliphatic heterocycles. The average molecular weight is 519 g/mol. The van der Waals surface area contributed by atoms with E-state index in [1.807, 2.05) is 20.8 Å². The van der Waals surface area contributed by atoms with E-state index in [1.54, 1.807) is 42.5 Å². The van der Waals surface area contributed by atoms with Gasteiger partial charge in [-0.2, -0.15) is 5.10 Å². The van der Waals surface area contributed by atoms with Gasteiger partial charge in [0, 0.05) is 23.9 Å². The van der Waals surface area contributed by atoms with E-state index in [0.717, 1.165) is 0 Å². The van der Waals surface area contributed by atoms with E-state index in [0.29, 0.717) is 54.0 Å². The second-order valence-electron chi connectivity index (χ2n) is 7.71. The number of hydrazone groups is 1. The molecule has 3 amide bonds. The van der Waals surface area contributed by atoms with E-state index in [-0.39, 0.29) is 18.6 Å². The van der Waals surface area contributed by atoms with E-state index in [1.165, 1.54) is 6.21 Å². The Morgan fingerprint density at radius 2 is 1.86 bits per heavy atom. The Morgan fingerprint density at radius 1 is 1.06 bits per heavy atom. The molecule has 36 heavy (non-hydrogen) atoms. The molecule has 0 aliphatic carbocycles. The molecule has 0 bridgehead atoms. The summed E-state index contributed by atoms with van der Waals surface area (Å²) in [5, 5.41) is 9.51. The highest BCUT2D eigenvalue weighted by Crippen LogP contribution is 2.28. The molecule has 0 aromatic heterocycles. The maximum absolute atomic E-state index is 12.2. The van der Waals surface area contributed by atoms with Crippen LogP contribution in [-0.2, 0) is 19.1 Å². The number of hydrogen-bond donors (Lipinski definition) is 3. The second-order valence-corrected chi connectivity index (χ2v) is 8.15. The summed E-state index contributed by atoms with van der Waals surface area (Å²) in [4.78, 5) is 35.9. The van der Waals surface area contributed by atoms with Gasteiger partial charge in [-0.3, -0.25) is 14.4 Å². The van der Waals surface area contributed by atoms with E-state index < -0.39 is 11.8 Å². The van der Waals surface area contributed by atoms with Gasteiger partial charge in [-0.25, -0.2) is 5.43 Å². The first-order chi connectivity index (χ1) is 17.3. The summed E-state index contributed by atoms with van der Waals surface area (Å²) >= 11 is 5.92. The van der Waals surface area contributed by atoms with E-state index in [2.05, 4.69) is 21.2 Å². The van der Waals surface area contributed by atoms with Crippen molar-refractivity contribution in [2.45, 2.75) is 33.3 Å². The highest BCUT2D eigenvalue weighted by molar-refractivity contribution is 6.35. The topological polar surface area (TPSA) is 127 Å². The van der Waals surface area contributed by atoms with Crippen LogP contribution in [0.4, 0.5) is 5.69 Å². The van der Waals surface area contributed by atoms with Crippen molar-refractivity contribution in [1.82, 2.24) is 10.7 Å². The van der Waals surface area contributed by atoms with Crippen LogP contribution in [-0.4, -0.2) is 56.4 Å². The number of benzene rings is 2. The highest BCUT2D eigenvalue weighted by atomic mass is 35.5. The van der Waals surface area contributed by atoms with Gasteiger partial charge in [-0.05, 0) is 69.2 Å². The predicted molar refractivity (Wildman–Crippen MR) is 138 cm³/mol. The highest BCUT2D eigenvalue weighted by Gasteiger charge is 2.12. The number of carbonyl (C=O) groups is 3. The van der Waals surface area contributed by atoms with Crippen LogP contribution in [0.25, 0.3) is 0 Å². The first-order valence-corrected chi connectivity index (χ1v) is 11.8. The zero-order chi connectivity index (χ0) is 26.3. The third-order valence-corrected chi connectivity index (χ3v) is 4.61. The summed E-state index contributed by atoms with van der Waals surface area (Å²) in [6.07, 6.45) is 2.07. The van der Waals surface area contributed by atoms with Crippen LogP contribution in [0.5, 0.6) is 11.5 Å². The predicted octanol–water partition coefficient (Wildman–Crippen LogP) is 3.14. The molecule has 3 N–H and O–H groups in total. The summed E-state index contributed by atoms with van der Waals surface area (Å²) in [6.45, 7) is 6.59. The van der Waals surface area contributed by atoms with E-state index >= 15 is 0 Å². The van der Waals surface area contributed by atoms with Gasteiger partial charge in [0.05, 0.1) is 18.9 Å². The normalized spacial score (nSPS) is 10.8. The van der Waals surface area contributed by atoms with Crippen LogP contribution in [0.3, 0.4) is 0 Å². The number of nitrogens with one attached hydrogen (secondary N) is 3. The molecule has 0 unspecified atom stereocenters. The monoisotopic (exact) mass is 518 g/mol. The Labute approximate surface area is 215 Å². The molecule has 0 radical (unpaired) electrons. The van der Waals surface area contributed by atoms with Gasteiger partial charge in [-0.15, -0.1) is 0 Å². The Balaban J connectivity index is 1.85. The Kier molecular flexibility index (Phi) is 12.2. The summed E-state index contributed by atoms with van der Waals surface area (Å²) in [5.41, 5.74) is 3.32. The molecule has 0 spiro atoms. The van der Waals surface area contributed by atoms with Gasteiger partial charge in [0.2, 0.25) is 0 Å². The fraction of sp³-hybridized carbons (Fsp3) is 0.360. The van der Waals surface area contributed by atoms with Crippen LogP contribution in [0, 0.1) is 0 Å². The lowest BCUT2D eigenvalue weighted by atomic mass is 10.2. The lowest BCUT2D eigenvalue weighted by molar-refractivity contribution is -0.139. The number of halogens is 1. The van der Waals surface area contributed by atoms with Gasteiger partial charge in [0.1, 0.15) is 0 Å². The fourth-order valence-electron chi connectivity index (χ4n) is 2.79. The van der Waals surface area contributed by atoms with Crippen LogP contribution in [0.15, 0.2) is 47.6 Å². The molecular formula is C25H31ClN4O6. The van der Waals surface area contributed by atoms with Gasteiger partial charge in [0.15, 0.2) is 18.1 Å². The number of anilines is 1. The maximum atomic E-state index is 12.2. The SMILES string of the molecule is CCOc1cc(/C=N\NC(=O)C(=O)NCCCOC(C)C)ccc1OCC(=O)Nc1cccc(Cl)c1. The van der Waals surface area contributed by atoms with Crippen LogP contribution < -0.4 is 25.5 Å². The first-order valence-electron chi connectivity index (χ1n) is 11.5. The molecule has 0 atom stereocenters. The molecule has 2 aromatic carbocycles. The lowest BCUT2D eigenvalue weighted by Gasteiger charge is -2.12. The standard InChI is InChI=1S/C25H31ClN4O6/c1-4-34-22-13-18(15-28-30-25(33)24(32)27-11-6-12-35-17(2)3)9-10-21(22)36-16-23(31)29-20-8-5-7-19(26)14-20/h5,7-10,13-15,17H,4,6,11-12,16H2,1-3H3,(H,27,32)(H,29,31)(H,30,33)/b28-15-. The van der Waals surface area contributed by atoms with Gasteiger partial charge in [-0.1, -0.05) is 17.7 Å². The molecular weight excluding hydrogens is 488 g/mol. The molecule has 11 heteroatoms. The van der Waals surface area contributed by atoms with Crippen LogP contribution >= 0.6 is 11.6 Å². The minimum atomic E-state index is -0.883.